The van der Waals surface area contributed by atoms with Crippen molar-refractivity contribution in [2.45, 2.75) is 19.4 Å². The molecule has 2 N–H and O–H groups in total. The van der Waals surface area contributed by atoms with Crippen molar-refractivity contribution in [1.29, 1.82) is 0 Å². The van der Waals surface area contributed by atoms with Crippen molar-refractivity contribution in [3.05, 3.63) is 34.4 Å². The van der Waals surface area contributed by atoms with Crippen molar-refractivity contribution >= 4 is 11.7 Å². The predicted octanol–water partition coefficient (Wildman–Crippen LogP) is 1.25. The maximum Gasteiger partial charge on any atom is 0.329 e. The average molecular weight is 268 g/mol. The molecule has 0 aliphatic rings. The molecule has 0 heterocycles. The molecule has 1 atom stereocenters. The van der Waals surface area contributed by atoms with Crippen LogP contribution in [0.5, 0.6) is 5.75 Å². The van der Waals surface area contributed by atoms with E-state index in [1.165, 1.54) is 25.1 Å². The molecule has 1 rings (SSSR count). The van der Waals surface area contributed by atoms with Crippen LogP contribution < -0.4 is 10.5 Å². The second kappa shape index (κ2) is 6.14. The Balaban J connectivity index is 2.68. The van der Waals surface area contributed by atoms with Crippen LogP contribution in [0.3, 0.4) is 0 Å². The van der Waals surface area contributed by atoms with E-state index in [1.54, 1.807) is 13.0 Å². The number of rotatable bonds is 6. The summed E-state index contributed by atoms with van der Waals surface area (Å²) in [6, 6.07) is 5.65. The fourth-order valence-electron chi connectivity index (χ4n) is 1.28. The largest absolute Gasteiger partial charge is 0.491 e. The van der Waals surface area contributed by atoms with Gasteiger partial charge >= 0.3 is 5.97 Å². The highest BCUT2D eigenvalue weighted by Crippen LogP contribution is 2.20. The number of nitrogens with zero attached hydrogens (tertiary/aromatic N) is 1. The molecule has 0 aliphatic carbocycles. The zero-order valence-corrected chi connectivity index (χ0v) is 10.8. The molecule has 7 heteroatoms. The molecule has 7 nitrogen and oxygen atoms in total. The lowest BCUT2D eigenvalue weighted by molar-refractivity contribution is -0.384. The Hall–Kier alpha value is -2.15. The van der Waals surface area contributed by atoms with E-state index in [-0.39, 0.29) is 24.7 Å². The second-order valence-corrected chi connectivity index (χ2v) is 4.18. The van der Waals surface area contributed by atoms with E-state index in [0.717, 1.165) is 0 Å². The van der Waals surface area contributed by atoms with Gasteiger partial charge in [0, 0.05) is 6.07 Å². The van der Waals surface area contributed by atoms with Crippen LogP contribution in [-0.4, -0.2) is 29.6 Å². The Morgan fingerprint density at radius 1 is 1.53 bits per heavy atom. The summed E-state index contributed by atoms with van der Waals surface area (Å²) in [5.41, 5.74) is 4.36. The highest BCUT2D eigenvalue weighted by Gasteiger charge is 2.31. The first-order chi connectivity index (χ1) is 8.86. The first kappa shape index (κ1) is 14.9. The highest BCUT2D eigenvalue weighted by molar-refractivity contribution is 5.80. The minimum atomic E-state index is -1.30. The van der Waals surface area contributed by atoms with Crippen molar-refractivity contribution < 1.29 is 19.2 Å². The third-order valence-corrected chi connectivity index (χ3v) is 2.31. The molecule has 0 saturated carbocycles. The first-order valence-corrected chi connectivity index (χ1v) is 5.70. The van der Waals surface area contributed by atoms with Crippen LogP contribution in [0.4, 0.5) is 5.69 Å². The number of hydrogen-bond acceptors (Lipinski definition) is 6. The van der Waals surface area contributed by atoms with E-state index in [4.69, 9.17) is 15.2 Å². The van der Waals surface area contributed by atoms with Gasteiger partial charge in [0.15, 0.2) is 0 Å². The number of nitro groups is 1. The lowest BCUT2D eigenvalue weighted by Crippen LogP contribution is -2.51. The molecular weight excluding hydrogens is 252 g/mol. The van der Waals surface area contributed by atoms with E-state index < -0.39 is 16.4 Å². The number of carbonyl (C=O) groups is 1. The molecule has 0 fully saturated rings. The van der Waals surface area contributed by atoms with Gasteiger partial charge in [-0.2, -0.15) is 0 Å². The number of hydrogen-bond donors (Lipinski definition) is 1. The van der Waals surface area contributed by atoms with Crippen LogP contribution in [0, 0.1) is 10.1 Å². The topological polar surface area (TPSA) is 105 Å². The minimum absolute atomic E-state index is 0.0904. The Morgan fingerprint density at radius 3 is 2.79 bits per heavy atom. The zero-order chi connectivity index (χ0) is 14.5. The van der Waals surface area contributed by atoms with Gasteiger partial charge in [-0.1, -0.05) is 6.07 Å². The molecule has 1 aromatic rings. The summed E-state index contributed by atoms with van der Waals surface area (Å²) < 4.78 is 10.1. The molecule has 0 bridgehead atoms. The number of nitrogens with two attached hydrogens (primary N) is 1. The van der Waals surface area contributed by atoms with Gasteiger partial charge in [0.05, 0.1) is 17.6 Å². The van der Waals surface area contributed by atoms with Crippen molar-refractivity contribution in [2.75, 3.05) is 13.2 Å². The SMILES string of the molecule is CCOC(=O)C(C)(N)COc1cccc([N+](=O)[O-])c1. The molecule has 0 saturated heterocycles. The van der Waals surface area contributed by atoms with Crippen LogP contribution in [0.1, 0.15) is 13.8 Å². The Morgan fingerprint density at radius 2 is 2.21 bits per heavy atom. The summed E-state index contributed by atoms with van der Waals surface area (Å²) in [7, 11) is 0. The van der Waals surface area contributed by atoms with Crippen molar-refractivity contribution in [1.82, 2.24) is 0 Å². The molecule has 0 radical (unpaired) electrons. The Kier molecular flexibility index (Phi) is 4.82. The van der Waals surface area contributed by atoms with E-state index in [2.05, 4.69) is 0 Å². The van der Waals surface area contributed by atoms with Crippen molar-refractivity contribution in [3.63, 3.8) is 0 Å². The molecule has 0 spiro atoms. The quantitative estimate of drug-likeness (QED) is 0.473. The van der Waals surface area contributed by atoms with Crippen molar-refractivity contribution in [2.24, 2.45) is 5.73 Å². The summed E-state index contributed by atoms with van der Waals surface area (Å²) in [6.45, 7) is 3.24. The van der Waals surface area contributed by atoms with Gasteiger partial charge in [-0.05, 0) is 19.9 Å². The Labute approximate surface area is 110 Å². The molecule has 0 aliphatic heterocycles. The van der Waals surface area contributed by atoms with Gasteiger partial charge in [-0.3, -0.25) is 10.1 Å². The van der Waals surface area contributed by atoms with Crippen LogP contribution in [0.2, 0.25) is 0 Å². The summed E-state index contributed by atoms with van der Waals surface area (Å²) >= 11 is 0. The van der Waals surface area contributed by atoms with Crippen LogP contribution >= 0.6 is 0 Å². The van der Waals surface area contributed by atoms with Gasteiger partial charge in [0.2, 0.25) is 0 Å². The van der Waals surface area contributed by atoms with Gasteiger partial charge in [0.1, 0.15) is 17.9 Å². The smallest absolute Gasteiger partial charge is 0.329 e. The fourth-order valence-corrected chi connectivity index (χ4v) is 1.28. The van der Waals surface area contributed by atoms with E-state index in [9.17, 15) is 14.9 Å². The van der Waals surface area contributed by atoms with Crippen LogP contribution in [0.25, 0.3) is 0 Å². The van der Waals surface area contributed by atoms with E-state index in [0.29, 0.717) is 0 Å². The lowest BCUT2D eigenvalue weighted by Gasteiger charge is -2.22. The molecule has 1 unspecified atom stereocenters. The van der Waals surface area contributed by atoms with Gasteiger partial charge in [-0.15, -0.1) is 0 Å². The molecule has 104 valence electrons. The summed E-state index contributed by atoms with van der Waals surface area (Å²) in [6.07, 6.45) is 0. The highest BCUT2D eigenvalue weighted by atomic mass is 16.6. The Bertz CT molecular complexity index is 473. The number of carbonyl (C=O) groups excluding carboxylic acids is 1. The van der Waals surface area contributed by atoms with Crippen molar-refractivity contribution in [3.8, 4) is 5.75 Å². The normalized spacial score (nSPS) is 13.4. The zero-order valence-electron chi connectivity index (χ0n) is 10.8. The minimum Gasteiger partial charge on any atom is -0.491 e. The summed E-state index contributed by atoms with van der Waals surface area (Å²) in [4.78, 5) is 21.6. The summed E-state index contributed by atoms with van der Waals surface area (Å²) in [5, 5.41) is 10.6. The average Bonchev–Trinajstić information content (AvgIpc) is 2.37. The monoisotopic (exact) mass is 268 g/mol. The lowest BCUT2D eigenvalue weighted by atomic mass is 10.1. The van der Waals surface area contributed by atoms with E-state index in [1.807, 2.05) is 0 Å². The number of benzene rings is 1. The van der Waals surface area contributed by atoms with Gasteiger partial charge in [-0.25, -0.2) is 4.79 Å². The molecule has 0 aromatic heterocycles. The maximum absolute atomic E-state index is 11.5. The first-order valence-electron chi connectivity index (χ1n) is 5.70. The molecule has 0 amide bonds. The maximum atomic E-state index is 11.5. The van der Waals surface area contributed by atoms with Crippen LogP contribution in [0.15, 0.2) is 24.3 Å². The predicted molar refractivity (Wildman–Crippen MR) is 67.8 cm³/mol. The van der Waals surface area contributed by atoms with Crippen LogP contribution in [-0.2, 0) is 9.53 Å². The third kappa shape index (κ3) is 4.22. The molecule has 1 aromatic carbocycles. The standard InChI is InChI=1S/C12H16N2O5/c1-3-18-11(15)12(2,13)8-19-10-6-4-5-9(7-10)14(16)17/h4-7H,3,8,13H2,1-2H3. The summed E-state index contributed by atoms with van der Waals surface area (Å²) in [5.74, 6) is -0.310. The van der Waals surface area contributed by atoms with E-state index >= 15 is 0 Å². The van der Waals surface area contributed by atoms with Gasteiger partial charge in [0.25, 0.3) is 5.69 Å². The van der Waals surface area contributed by atoms with Gasteiger partial charge < -0.3 is 15.2 Å². The molecule has 19 heavy (non-hydrogen) atoms. The third-order valence-electron chi connectivity index (χ3n) is 2.31. The second-order valence-electron chi connectivity index (χ2n) is 4.18. The fraction of sp³-hybridized carbons (Fsp3) is 0.417. The molecular formula is C12H16N2O5. The number of ether oxygens (including phenoxy) is 2. The number of nitro benzene ring substituents is 1. The number of esters is 1. The number of non-ortho nitro benzene ring substituents is 1.